The van der Waals surface area contributed by atoms with Crippen LogP contribution in [0.5, 0.6) is 0 Å². The van der Waals surface area contributed by atoms with Gasteiger partial charge in [-0.25, -0.2) is 4.98 Å². The smallest absolute Gasteiger partial charge is 0.145 e. The van der Waals surface area contributed by atoms with E-state index in [1.54, 1.807) is 6.20 Å². The van der Waals surface area contributed by atoms with E-state index in [2.05, 4.69) is 38.4 Å². The molecule has 0 bridgehead atoms. The summed E-state index contributed by atoms with van der Waals surface area (Å²) in [5, 5.41) is 4.03. The molecule has 0 amide bonds. The van der Waals surface area contributed by atoms with Crippen molar-refractivity contribution >= 4 is 33.3 Å². The number of anilines is 1. The highest BCUT2D eigenvalue weighted by Gasteiger charge is 2.11. The highest BCUT2D eigenvalue weighted by atomic mass is 79.9. The SMILES string of the molecule is Clc1cc(Br)cnc1NC1CC=CCC1. The molecule has 1 unspecified atom stereocenters. The zero-order chi connectivity index (χ0) is 10.7. The van der Waals surface area contributed by atoms with Crippen molar-refractivity contribution in [1.82, 2.24) is 4.98 Å². The third kappa shape index (κ3) is 2.95. The molecule has 1 aromatic rings. The van der Waals surface area contributed by atoms with Crippen molar-refractivity contribution in [2.75, 3.05) is 5.32 Å². The van der Waals surface area contributed by atoms with Gasteiger partial charge in [0.05, 0.1) is 5.02 Å². The molecule has 2 rings (SSSR count). The van der Waals surface area contributed by atoms with Crippen LogP contribution in [0.2, 0.25) is 5.02 Å². The number of hydrogen-bond acceptors (Lipinski definition) is 2. The van der Waals surface area contributed by atoms with Gasteiger partial charge in [-0.05, 0) is 41.3 Å². The second kappa shape index (κ2) is 4.99. The van der Waals surface area contributed by atoms with Crippen LogP contribution in [0.3, 0.4) is 0 Å². The molecular weight excluding hydrogens is 275 g/mol. The summed E-state index contributed by atoms with van der Waals surface area (Å²) < 4.78 is 0.904. The molecule has 0 saturated heterocycles. The third-order valence-corrected chi connectivity index (χ3v) is 3.14. The van der Waals surface area contributed by atoms with Crippen molar-refractivity contribution in [3.8, 4) is 0 Å². The van der Waals surface area contributed by atoms with Gasteiger partial charge in [0, 0.05) is 16.7 Å². The molecule has 1 aliphatic carbocycles. The number of aromatic nitrogens is 1. The molecule has 15 heavy (non-hydrogen) atoms. The first kappa shape index (κ1) is 11.0. The minimum Gasteiger partial charge on any atom is -0.366 e. The number of allylic oxidation sites excluding steroid dienone is 1. The lowest BCUT2D eigenvalue weighted by atomic mass is 10.0. The van der Waals surface area contributed by atoms with E-state index in [-0.39, 0.29) is 0 Å². The first-order chi connectivity index (χ1) is 7.25. The minimum atomic E-state index is 0.459. The zero-order valence-electron chi connectivity index (χ0n) is 8.21. The fraction of sp³-hybridized carbons (Fsp3) is 0.364. The number of nitrogens with zero attached hydrogens (tertiary/aromatic N) is 1. The molecule has 1 heterocycles. The Bertz CT molecular complexity index is 379. The molecule has 1 N–H and O–H groups in total. The standard InChI is InChI=1S/C11H12BrClN2/c12-8-6-10(13)11(14-7-8)15-9-4-2-1-3-5-9/h1-2,6-7,9H,3-5H2,(H,14,15). The Labute approximate surface area is 103 Å². The van der Waals surface area contributed by atoms with Gasteiger partial charge in [-0.1, -0.05) is 23.8 Å². The summed E-state index contributed by atoms with van der Waals surface area (Å²) in [7, 11) is 0. The fourth-order valence-electron chi connectivity index (χ4n) is 1.64. The summed E-state index contributed by atoms with van der Waals surface area (Å²) in [6.45, 7) is 0. The van der Waals surface area contributed by atoms with Gasteiger partial charge in [-0.15, -0.1) is 0 Å². The molecule has 1 aromatic heterocycles. The number of halogens is 2. The second-order valence-corrected chi connectivity index (χ2v) is 4.93. The molecule has 0 radical (unpaired) electrons. The Morgan fingerprint density at radius 2 is 2.33 bits per heavy atom. The maximum Gasteiger partial charge on any atom is 0.145 e. The fourth-order valence-corrected chi connectivity index (χ4v) is 2.32. The van der Waals surface area contributed by atoms with E-state index in [4.69, 9.17) is 11.6 Å². The van der Waals surface area contributed by atoms with Crippen molar-refractivity contribution in [2.45, 2.75) is 25.3 Å². The topological polar surface area (TPSA) is 24.9 Å². The van der Waals surface area contributed by atoms with Gasteiger partial charge in [-0.3, -0.25) is 0 Å². The van der Waals surface area contributed by atoms with Crippen molar-refractivity contribution in [3.05, 3.63) is 33.9 Å². The summed E-state index contributed by atoms with van der Waals surface area (Å²) >= 11 is 9.41. The highest BCUT2D eigenvalue weighted by molar-refractivity contribution is 9.10. The molecular formula is C11H12BrClN2. The van der Waals surface area contributed by atoms with Crippen LogP contribution in [-0.4, -0.2) is 11.0 Å². The van der Waals surface area contributed by atoms with E-state index < -0.39 is 0 Å². The van der Waals surface area contributed by atoms with Crippen molar-refractivity contribution in [2.24, 2.45) is 0 Å². The molecule has 0 fully saturated rings. The molecule has 1 aliphatic rings. The Balaban J connectivity index is 2.06. The van der Waals surface area contributed by atoms with Crippen LogP contribution in [0.25, 0.3) is 0 Å². The molecule has 0 aromatic carbocycles. The lowest BCUT2D eigenvalue weighted by Gasteiger charge is -2.20. The number of rotatable bonds is 2. The second-order valence-electron chi connectivity index (χ2n) is 3.61. The molecule has 4 heteroatoms. The monoisotopic (exact) mass is 286 g/mol. The maximum absolute atomic E-state index is 6.08. The van der Waals surface area contributed by atoms with Gasteiger partial charge in [0.25, 0.3) is 0 Å². The van der Waals surface area contributed by atoms with E-state index in [1.807, 2.05) is 6.07 Å². The van der Waals surface area contributed by atoms with Crippen molar-refractivity contribution in [3.63, 3.8) is 0 Å². The Morgan fingerprint density at radius 1 is 1.47 bits per heavy atom. The summed E-state index contributed by atoms with van der Waals surface area (Å²) in [4.78, 5) is 4.26. The maximum atomic E-state index is 6.08. The Morgan fingerprint density at radius 3 is 3.00 bits per heavy atom. The number of nitrogens with one attached hydrogen (secondary N) is 1. The van der Waals surface area contributed by atoms with Gasteiger partial charge in [-0.2, -0.15) is 0 Å². The molecule has 0 spiro atoms. The van der Waals surface area contributed by atoms with E-state index in [0.717, 1.165) is 29.6 Å². The summed E-state index contributed by atoms with van der Waals surface area (Å²) in [5.41, 5.74) is 0. The normalized spacial score (nSPS) is 20.3. The predicted octanol–water partition coefficient (Wildman–Crippen LogP) is 4.02. The Hall–Kier alpha value is -0.540. The van der Waals surface area contributed by atoms with E-state index in [9.17, 15) is 0 Å². The molecule has 2 nitrogen and oxygen atoms in total. The van der Waals surface area contributed by atoms with Crippen LogP contribution >= 0.6 is 27.5 Å². The average molecular weight is 288 g/mol. The van der Waals surface area contributed by atoms with Crippen LogP contribution in [0.15, 0.2) is 28.9 Å². The van der Waals surface area contributed by atoms with Crippen molar-refractivity contribution < 1.29 is 0 Å². The van der Waals surface area contributed by atoms with Crippen LogP contribution in [-0.2, 0) is 0 Å². The van der Waals surface area contributed by atoms with Gasteiger partial charge in [0.2, 0.25) is 0 Å². The number of hydrogen-bond donors (Lipinski definition) is 1. The highest BCUT2D eigenvalue weighted by Crippen LogP contribution is 2.25. The van der Waals surface area contributed by atoms with Crippen LogP contribution in [0, 0.1) is 0 Å². The zero-order valence-corrected chi connectivity index (χ0v) is 10.6. The first-order valence-electron chi connectivity index (χ1n) is 4.98. The Kier molecular flexibility index (Phi) is 3.65. The molecule has 0 aliphatic heterocycles. The van der Waals surface area contributed by atoms with Crippen molar-refractivity contribution in [1.29, 1.82) is 0 Å². The summed E-state index contributed by atoms with van der Waals surface area (Å²) in [5.74, 6) is 0.778. The van der Waals surface area contributed by atoms with Gasteiger partial charge in [0.1, 0.15) is 5.82 Å². The van der Waals surface area contributed by atoms with Gasteiger partial charge >= 0.3 is 0 Å². The predicted molar refractivity (Wildman–Crippen MR) is 67.3 cm³/mol. The van der Waals surface area contributed by atoms with Gasteiger partial charge < -0.3 is 5.32 Å². The largest absolute Gasteiger partial charge is 0.366 e. The van der Waals surface area contributed by atoms with E-state index in [1.165, 1.54) is 0 Å². The van der Waals surface area contributed by atoms with Crippen LogP contribution < -0.4 is 5.32 Å². The van der Waals surface area contributed by atoms with E-state index in [0.29, 0.717) is 11.1 Å². The first-order valence-corrected chi connectivity index (χ1v) is 6.15. The minimum absolute atomic E-state index is 0.459. The third-order valence-electron chi connectivity index (χ3n) is 2.42. The van der Waals surface area contributed by atoms with Gasteiger partial charge in [0.15, 0.2) is 0 Å². The summed E-state index contributed by atoms with van der Waals surface area (Å²) in [6.07, 6.45) is 9.50. The summed E-state index contributed by atoms with van der Waals surface area (Å²) in [6, 6.07) is 2.32. The lowest BCUT2D eigenvalue weighted by Crippen LogP contribution is -2.21. The molecule has 80 valence electrons. The number of pyridine rings is 1. The molecule has 1 atom stereocenters. The average Bonchev–Trinajstić information content (AvgIpc) is 2.24. The quantitative estimate of drug-likeness (QED) is 0.831. The van der Waals surface area contributed by atoms with Crippen LogP contribution in [0.1, 0.15) is 19.3 Å². The van der Waals surface area contributed by atoms with Crippen LogP contribution in [0.4, 0.5) is 5.82 Å². The molecule has 0 saturated carbocycles. The van der Waals surface area contributed by atoms with E-state index >= 15 is 0 Å². The lowest BCUT2D eigenvalue weighted by molar-refractivity contribution is 0.642.